The molecule has 0 fully saturated rings. The summed E-state index contributed by atoms with van der Waals surface area (Å²) in [5.41, 5.74) is 2.20. The number of hydrogen-bond acceptors (Lipinski definition) is 5. The van der Waals surface area contributed by atoms with E-state index < -0.39 is 29.8 Å². The Morgan fingerprint density at radius 2 is 1.97 bits per heavy atom. The number of aromatic nitrogens is 2. The van der Waals surface area contributed by atoms with Crippen molar-refractivity contribution in [3.63, 3.8) is 0 Å². The Morgan fingerprint density at radius 3 is 2.61 bits per heavy atom. The van der Waals surface area contributed by atoms with Gasteiger partial charge in [-0.1, -0.05) is 6.58 Å². The van der Waals surface area contributed by atoms with Crippen LogP contribution in [0.2, 0.25) is 0 Å². The number of carbonyl (C=O) groups excluding carboxylic acids is 1. The molecule has 6 nitrogen and oxygen atoms in total. The van der Waals surface area contributed by atoms with Gasteiger partial charge in [0.15, 0.2) is 0 Å². The Balaban J connectivity index is 1.95. The third kappa shape index (κ3) is 5.29. The van der Waals surface area contributed by atoms with Crippen molar-refractivity contribution in [3.8, 4) is 11.3 Å². The van der Waals surface area contributed by atoms with Crippen LogP contribution < -0.4 is 10.6 Å². The highest BCUT2D eigenvalue weighted by Crippen LogP contribution is 2.29. The maximum absolute atomic E-state index is 14.2. The molecule has 3 N–H and O–H groups in total. The smallest absolute Gasteiger partial charge is 0.254 e. The van der Waals surface area contributed by atoms with Gasteiger partial charge in [0.2, 0.25) is 0 Å². The number of aliphatic hydroxyl groups is 1. The molecule has 0 spiro atoms. The van der Waals surface area contributed by atoms with Crippen LogP contribution in [-0.2, 0) is 0 Å². The molecule has 160 valence electrons. The predicted molar refractivity (Wildman–Crippen MR) is 115 cm³/mol. The molecule has 0 saturated heterocycles. The lowest BCUT2D eigenvalue weighted by molar-refractivity contribution is 0.0879. The Morgan fingerprint density at radius 1 is 1.19 bits per heavy atom. The lowest BCUT2D eigenvalue weighted by Crippen LogP contribution is -2.47. The summed E-state index contributed by atoms with van der Waals surface area (Å²) in [7, 11) is 0. The molecule has 8 heteroatoms. The summed E-state index contributed by atoms with van der Waals surface area (Å²) in [5, 5.41) is 16.0. The second-order valence-corrected chi connectivity index (χ2v) is 7.10. The molecule has 31 heavy (non-hydrogen) atoms. The van der Waals surface area contributed by atoms with E-state index in [9.17, 15) is 18.7 Å². The lowest BCUT2D eigenvalue weighted by atomic mass is 10.0. The van der Waals surface area contributed by atoms with E-state index in [0.29, 0.717) is 22.4 Å². The van der Waals surface area contributed by atoms with Crippen LogP contribution in [0.25, 0.3) is 16.8 Å². The summed E-state index contributed by atoms with van der Waals surface area (Å²) in [5.74, 6) is -1.66. The molecule has 3 aromatic rings. The zero-order valence-corrected chi connectivity index (χ0v) is 17.1. The zero-order chi connectivity index (χ0) is 22.5. The molecular formula is C23H22F2N4O2. The minimum Gasteiger partial charge on any atom is -0.389 e. The number of hydrogen-bond donors (Lipinski definition) is 3. The predicted octanol–water partition coefficient (Wildman–Crippen LogP) is 4.00. The van der Waals surface area contributed by atoms with Crippen LogP contribution in [0.5, 0.6) is 0 Å². The summed E-state index contributed by atoms with van der Waals surface area (Å²) in [6.07, 6.45) is 2.56. The van der Waals surface area contributed by atoms with Crippen LogP contribution in [0.3, 0.4) is 0 Å². The maximum Gasteiger partial charge on any atom is 0.254 e. The molecular weight excluding hydrogens is 402 g/mol. The fourth-order valence-corrected chi connectivity index (χ4v) is 2.92. The van der Waals surface area contributed by atoms with Gasteiger partial charge in [0.25, 0.3) is 5.91 Å². The topological polar surface area (TPSA) is 87.1 Å². The highest BCUT2D eigenvalue weighted by molar-refractivity contribution is 5.94. The Kier molecular flexibility index (Phi) is 6.71. The van der Waals surface area contributed by atoms with Gasteiger partial charge in [-0.3, -0.25) is 14.8 Å². The Labute approximate surface area is 178 Å². The van der Waals surface area contributed by atoms with Crippen molar-refractivity contribution in [3.05, 3.63) is 84.3 Å². The molecule has 0 aliphatic rings. The quantitative estimate of drug-likeness (QED) is 0.499. The van der Waals surface area contributed by atoms with Crippen LogP contribution in [0, 0.1) is 11.6 Å². The van der Waals surface area contributed by atoms with Gasteiger partial charge in [0, 0.05) is 35.4 Å². The van der Waals surface area contributed by atoms with Crippen molar-refractivity contribution in [2.24, 2.45) is 0 Å². The molecule has 1 amide bonds. The van der Waals surface area contributed by atoms with Crippen molar-refractivity contribution in [2.75, 3.05) is 5.32 Å². The van der Waals surface area contributed by atoms with Crippen LogP contribution in [0.15, 0.2) is 61.6 Å². The number of benzene rings is 1. The summed E-state index contributed by atoms with van der Waals surface area (Å²) in [6, 6.07) is 7.85. The monoisotopic (exact) mass is 424 g/mol. The number of pyridine rings is 2. The van der Waals surface area contributed by atoms with E-state index >= 15 is 0 Å². The lowest BCUT2D eigenvalue weighted by Gasteiger charge is -2.25. The highest BCUT2D eigenvalue weighted by Gasteiger charge is 2.21. The molecule has 0 radical (unpaired) electrons. The van der Waals surface area contributed by atoms with Gasteiger partial charge >= 0.3 is 0 Å². The molecule has 0 aliphatic carbocycles. The maximum atomic E-state index is 14.2. The van der Waals surface area contributed by atoms with Gasteiger partial charge in [0.05, 0.1) is 17.4 Å². The number of carbonyl (C=O) groups is 1. The standard InChI is InChI=1S/C23H22F2N4O2/c1-13(2)18-12-27-20(17-9-16(24)6-7-19(17)25)10-21(18)28-22(14(3)30)29-23(31)15-5-4-8-26-11-15/h4-12,14,22,30H,1H2,2-3H3,(H,27,28)(H,29,31)/t14-,22?/m0/s1. The molecule has 2 aromatic heterocycles. The van der Waals surface area contributed by atoms with Gasteiger partial charge in [-0.2, -0.15) is 0 Å². The molecule has 0 aliphatic heterocycles. The van der Waals surface area contributed by atoms with Crippen molar-refractivity contribution < 1.29 is 18.7 Å². The number of nitrogens with zero attached hydrogens (tertiary/aromatic N) is 2. The van der Waals surface area contributed by atoms with E-state index in [-0.39, 0.29) is 11.3 Å². The van der Waals surface area contributed by atoms with Gasteiger partial charge < -0.3 is 15.7 Å². The number of anilines is 1. The summed E-state index contributed by atoms with van der Waals surface area (Å²) in [6.45, 7) is 7.18. The summed E-state index contributed by atoms with van der Waals surface area (Å²) < 4.78 is 27.9. The number of nitrogens with one attached hydrogen (secondary N) is 2. The third-order valence-corrected chi connectivity index (χ3v) is 4.57. The van der Waals surface area contributed by atoms with E-state index in [1.807, 2.05) is 0 Å². The molecule has 0 saturated carbocycles. The van der Waals surface area contributed by atoms with Gasteiger partial charge in [-0.15, -0.1) is 0 Å². The number of halogens is 2. The van der Waals surface area contributed by atoms with Gasteiger partial charge in [0.1, 0.15) is 17.8 Å². The number of amides is 1. The molecule has 2 atom stereocenters. The second-order valence-electron chi connectivity index (χ2n) is 7.10. The van der Waals surface area contributed by atoms with Crippen molar-refractivity contribution >= 4 is 17.2 Å². The average molecular weight is 424 g/mol. The van der Waals surface area contributed by atoms with Crippen LogP contribution in [-0.4, -0.2) is 33.3 Å². The average Bonchev–Trinajstić information content (AvgIpc) is 2.75. The molecule has 1 aromatic carbocycles. The van der Waals surface area contributed by atoms with E-state index in [1.165, 1.54) is 25.4 Å². The molecule has 3 rings (SSSR count). The largest absolute Gasteiger partial charge is 0.389 e. The number of rotatable bonds is 7. The SMILES string of the molecule is C=C(C)c1cnc(-c2cc(F)ccc2F)cc1NC(NC(=O)c1cccnc1)[C@H](C)O. The summed E-state index contributed by atoms with van der Waals surface area (Å²) in [4.78, 5) is 20.7. The first-order valence-electron chi connectivity index (χ1n) is 9.53. The van der Waals surface area contributed by atoms with Crippen molar-refractivity contribution in [2.45, 2.75) is 26.1 Å². The van der Waals surface area contributed by atoms with Crippen LogP contribution >= 0.6 is 0 Å². The molecule has 2 heterocycles. The minimum absolute atomic E-state index is 0.00990. The summed E-state index contributed by atoms with van der Waals surface area (Å²) >= 11 is 0. The van der Waals surface area contributed by atoms with Crippen LogP contribution in [0.1, 0.15) is 29.8 Å². The Bertz CT molecular complexity index is 1100. The third-order valence-electron chi connectivity index (χ3n) is 4.57. The fraction of sp³-hybridized carbons (Fsp3) is 0.174. The molecule has 1 unspecified atom stereocenters. The van der Waals surface area contributed by atoms with Crippen LogP contribution in [0.4, 0.5) is 14.5 Å². The Hall–Kier alpha value is -3.65. The first-order valence-corrected chi connectivity index (χ1v) is 9.53. The highest BCUT2D eigenvalue weighted by atomic mass is 19.1. The van der Waals surface area contributed by atoms with Gasteiger partial charge in [-0.05, 0) is 55.8 Å². The van der Waals surface area contributed by atoms with Gasteiger partial charge in [-0.25, -0.2) is 8.78 Å². The normalized spacial score (nSPS) is 12.7. The molecule has 0 bridgehead atoms. The van der Waals surface area contributed by atoms with E-state index in [1.54, 1.807) is 25.3 Å². The van der Waals surface area contributed by atoms with Crippen molar-refractivity contribution in [1.82, 2.24) is 15.3 Å². The number of allylic oxidation sites excluding steroid dienone is 1. The zero-order valence-electron chi connectivity index (χ0n) is 17.1. The second kappa shape index (κ2) is 9.44. The number of aliphatic hydroxyl groups excluding tert-OH is 1. The van der Waals surface area contributed by atoms with Crippen molar-refractivity contribution in [1.29, 1.82) is 0 Å². The van der Waals surface area contributed by atoms with E-state index in [2.05, 4.69) is 27.2 Å². The first kappa shape index (κ1) is 22.0. The van der Waals surface area contributed by atoms with E-state index in [4.69, 9.17) is 0 Å². The fourth-order valence-electron chi connectivity index (χ4n) is 2.92. The minimum atomic E-state index is -0.985. The van der Waals surface area contributed by atoms with E-state index in [0.717, 1.165) is 18.2 Å². The first-order chi connectivity index (χ1) is 14.8.